The number of carbonyl (C=O) groups excluding carboxylic acids is 1. The first kappa shape index (κ1) is 20.7. The van der Waals surface area contributed by atoms with Crippen LogP contribution in [0.25, 0.3) is 5.52 Å². The van der Waals surface area contributed by atoms with Gasteiger partial charge in [-0.25, -0.2) is 9.51 Å². The fraction of sp³-hybridized carbons (Fsp3) is 0.409. The molecule has 2 aliphatic heterocycles. The van der Waals surface area contributed by atoms with Gasteiger partial charge in [-0.2, -0.15) is 10.1 Å². The lowest BCUT2D eigenvalue weighted by Gasteiger charge is -2.24. The third-order valence-electron chi connectivity index (χ3n) is 6.65. The summed E-state index contributed by atoms with van der Waals surface area (Å²) in [6.45, 7) is 2.90. The number of aliphatic hydroxyl groups is 1. The van der Waals surface area contributed by atoms with E-state index in [1.165, 1.54) is 0 Å². The molecule has 5 heterocycles. The van der Waals surface area contributed by atoms with E-state index >= 15 is 0 Å². The van der Waals surface area contributed by atoms with Crippen LogP contribution in [-0.4, -0.2) is 66.9 Å². The number of aromatic nitrogens is 5. The number of amidine groups is 1. The highest BCUT2D eigenvalue weighted by atomic mass is 16.3. The van der Waals surface area contributed by atoms with Gasteiger partial charge < -0.3 is 26.0 Å². The van der Waals surface area contributed by atoms with Gasteiger partial charge >= 0.3 is 0 Å². The maximum absolute atomic E-state index is 13.0. The number of carbonyl (C=O) groups is 1. The molecular weight excluding hydrogens is 436 g/mol. The molecule has 1 aliphatic carbocycles. The Morgan fingerprint density at radius 2 is 2.24 bits per heavy atom. The first-order valence-corrected chi connectivity index (χ1v) is 11.4. The smallest absolute Gasteiger partial charge is 0.248 e. The molecule has 0 spiro atoms. The van der Waals surface area contributed by atoms with Crippen LogP contribution in [0.15, 0.2) is 41.8 Å². The van der Waals surface area contributed by atoms with Crippen LogP contribution in [0.4, 0.5) is 17.6 Å². The number of aliphatic imine (C=N–C) groups is 1. The second-order valence-electron chi connectivity index (χ2n) is 9.27. The number of fused-ring (bicyclic) bond motifs is 1. The molecule has 34 heavy (non-hydrogen) atoms. The molecule has 0 aromatic carbocycles. The maximum atomic E-state index is 13.0. The van der Waals surface area contributed by atoms with Crippen molar-refractivity contribution in [3.05, 3.63) is 42.5 Å². The minimum absolute atomic E-state index is 0.175. The Morgan fingerprint density at radius 3 is 3.03 bits per heavy atom. The summed E-state index contributed by atoms with van der Waals surface area (Å²) in [5, 5.41) is 31.7. The molecule has 0 unspecified atom stereocenters. The molecule has 12 nitrogen and oxygen atoms in total. The van der Waals surface area contributed by atoms with Crippen molar-refractivity contribution >= 4 is 34.8 Å². The topological polar surface area (TPSA) is 148 Å². The molecule has 6 rings (SSSR count). The number of nitrogens with zero attached hydrogens (tertiary/aromatic N) is 6. The van der Waals surface area contributed by atoms with Gasteiger partial charge in [-0.3, -0.25) is 9.89 Å². The highest BCUT2D eigenvalue weighted by Gasteiger charge is 2.41. The van der Waals surface area contributed by atoms with Crippen LogP contribution in [0, 0.1) is 0 Å². The fourth-order valence-corrected chi connectivity index (χ4v) is 4.38. The van der Waals surface area contributed by atoms with Gasteiger partial charge in [0.1, 0.15) is 17.4 Å². The summed E-state index contributed by atoms with van der Waals surface area (Å²) in [6.07, 6.45) is 7.02. The zero-order chi connectivity index (χ0) is 23.3. The first-order valence-electron chi connectivity index (χ1n) is 11.4. The minimum Gasteiger partial charge on any atom is -0.391 e. The van der Waals surface area contributed by atoms with E-state index in [1.807, 2.05) is 24.4 Å². The molecule has 3 aliphatic rings. The average molecular weight is 463 g/mol. The molecule has 1 amide bonds. The van der Waals surface area contributed by atoms with Crippen molar-refractivity contribution in [3.63, 3.8) is 0 Å². The van der Waals surface area contributed by atoms with Gasteiger partial charge in [0, 0.05) is 48.7 Å². The minimum atomic E-state index is -0.671. The number of anilines is 3. The molecule has 1 saturated carbocycles. The second kappa shape index (κ2) is 7.83. The van der Waals surface area contributed by atoms with E-state index in [1.54, 1.807) is 21.8 Å². The van der Waals surface area contributed by atoms with Crippen molar-refractivity contribution < 1.29 is 9.90 Å². The zero-order valence-electron chi connectivity index (χ0n) is 18.7. The van der Waals surface area contributed by atoms with Crippen molar-refractivity contribution in [2.75, 3.05) is 23.3 Å². The molecule has 1 saturated heterocycles. The van der Waals surface area contributed by atoms with Gasteiger partial charge in [0.15, 0.2) is 11.6 Å². The maximum Gasteiger partial charge on any atom is 0.248 e. The summed E-state index contributed by atoms with van der Waals surface area (Å²) < 4.78 is 1.71. The van der Waals surface area contributed by atoms with Gasteiger partial charge in [0.25, 0.3) is 0 Å². The van der Waals surface area contributed by atoms with Crippen molar-refractivity contribution in [2.45, 2.75) is 43.7 Å². The van der Waals surface area contributed by atoms with E-state index < -0.39 is 12.1 Å². The number of H-pyrrole nitrogens is 1. The van der Waals surface area contributed by atoms with Gasteiger partial charge in [-0.15, -0.1) is 5.10 Å². The Bertz CT molecular complexity index is 1300. The lowest BCUT2D eigenvalue weighted by Crippen LogP contribution is -2.48. The zero-order valence-corrected chi connectivity index (χ0v) is 18.7. The Morgan fingerprint density at radius 1 is 1.35 bits per heavy atom. The van der Waals surface area contributed by atoms with Gasteiger partial charge in [0.05, 0.1) is 12.6 Å². The van der Waals surface area contributed by atoms with Crippen LogP contribution in [0.5, 0.6) is 0 Å². The largest absolute Gasteiger partial charge is 0.391 e. The molecule has 176 valence electrons. The summed E-state index contributed by atoms with van der Waals surface area (Å²) >= 11 is 0. The third-order valence-corrected chi connectivity index (χ3v) is 6.65. The van der Waals surface area contributed by atoms with Crippen molar-refractivity contribution in [1.82, 2.24) is 35.4 Å². The van der Waals surface area contributed by atoms with Crippen molar-refractivity contribution in [2.24, 2.45) is 4.99 Å². The number of β-amino-alcohol motifs (C(OH)–C–C–N with tert-alkyl or cyclic N) is 1. The van der Waals surface area contributed by atoms with Crippen LogP contribution < -0.4 is 20.9 Å². The fourth-order valence-electron chi connectivity index (χ4n) is 4.38. The van der Waals surface area contributed by atoms with Gasteiger partial charge in [-0.05, 0) is 25.0 Å². The average Bonchev–Trinajstić information content (AvgIpc) is 3.23. The number of hydrogen-bond acceptors (Lipinski definition) is 9. The lowest BCUT2D eigenvalue weighted by atomic mass is 10.1. The van der Waals surface area contributed by atoms with Crippen molar-refractivity contribution in [1.29, 1.82) is 0 Å². The number of hydrogen-bond donors (Lipinski definition) is 5. The number of nitrogens with one attached hydrogen (secondary N) is 4. The van der Waals surface area contributed by atoms with Gasteiger partial charge in [-0.1, -0.05) is 6.92 Å². The summed E-state index contributed by atoms with van der Waals surface area (Å²) in [7, 11) is 0. The summed E-state index contributed by atoms with van der Waals surface area (Å²) in [6, 6.07) is 5.17. The number of rotatable bonds is 5. The standard InChI is InChI=1S/C22H26N10O2/c1-22(4-5-22)16-10-17(29-28-16)25-19-14-3-2-8-32(14)30-21(27-19)31-12-13(33)9-15(31)20(34)26-18-11-23-6-7-24-18/h2-3,6-8,10,13,15,23,33H,4-5,9,11-12H2,1H3,(H,24,26,34)(H2,25,27,28,29,30)/t13-,15-/m0/s1. The normalized spacial score (nSPS) is 23.0. The molecule has 3 aromatic rings. The number of amides is 1. The molecule has 3 aromatic heterocycles. The molecule has 5 N–H and O–H groups in total. The van der Waals surface area contributed by atoms with Gasteiger partial charge in [0.2, 0.25) is 11.9 Å². The molecular formula is C22H26N10O2. The van der Waals surface area contributed by atoms with E-state index in [9.17, 15) is 9.90 Å². The van der Waals surface area contributed by atoms with E-state index in [-0.39, 0.29) is 24.3 Å². The van der Waals surface area contributed by atoms with E-state index in [0.29, 0.717) is 30.0 Å². The third kappa shape index (κ3) is 3.75. The Labute approximate surface area is 195 Å². The molecule has 12 heteroatoms. The summed E-state index contributed by atoms with van der Waals surface area (Å²) in [5.41, 5.74) is 2.06. The van der Waals surface area contributed by atoms with Crippen molar-refractivity contribution in [3.8, 4) is 0 Å². The first-order chi connectivity index (χ1) is 16.5. The highest BCUT2D eigenvalue weighted by molar-refractivity contribution is 6.03. The van der Waals surface area contributed by atoms with Crippen LogP contribution in [0.3, 0.4) is 0 Å². The molecule has 0 bridgehead atoms. The molecule has 0 radical (unpaired) electrons. The highest BCUT2D eigenvalue weighted by Crippen LogP contribution is 2.47. The van der Waals surface area contributed by atoms with Crippen LogP contribution >= 0.6 is 0 Å². The monoisotopic (exact) mass is 462 g/mol. The van der Waals surface area contributed by atoms with E-state index in [4.69, 9.17) is 4.98 Å². The van der Waals surface area contributed by atoms with E-state index in [2.05, 4.69) is 43.2 Å². The SMILES string of the molecule is CC1(c2cc(Nc3nc(N4C[C@@H](O)C[C@H]4C(=O)NC4=NC=CNC4)nn4cccc34)n[nH]2)CC1. The predicted octanol–water partition coefficient (Wildman–Crippen LogP) is 0.776. The van der Waals surface area contributed by atoms with Crippen LogP contribution in [-0.2, 0) is 10.2 Å². The molecule has 2 fully saturated rings. The Balaban J connectivity index is 1.29. The number of aliphatic hydroxyl groups excluding tert-OH is 1. The predicted molar refractivity (Wildman–Crippen MR) is 126 cm³/mol. The quantitative estimate of drug-likeness (QED) is 0.374. The Kier molecular flexibility index (Phi) is 4.76. The second-order valence-corrected chi connectivity index (χ2v) is 9.27. The lowest BCUT2D eigenvalue weighted by molar-refractivity contribution is -0.121. The van der Waals surface area contributed by atoms with E-state index in [0.717, 1.165) is 24.1 Å². The summed E-state index contributed by atoms with van der Waals surface area (Å²) in [4.78, 5) is 23.7. The number of aromatic amines is 1. The molecule has 2 atom stereocenters. The van der Waals surface area contributed by atoms with Crippen LogP contribution in [0.2, 0.25) is 0 Å². The summed E-state index contributed by atoms with van der Waals surface area (Å²) in [5.74, 6) is 1.85. The van der Waals surface area contributed by atoms with Crippen LogP contribution in [0.1, 0.15) is 31.9 Å². The Hall–Kier alpha value is -3.93.